The summed E-state index contributed by atoms with van der Waals surface area (Å²) in [6.45, 7) is 6.59. The Hall–Kier alpha value is -4.78. The van der Waals surface area contributed by atoms with Gasteiger partial charge in [-0.05, 0) is 86.5 Å². The fraction of sp³-hybridized carbons (Fsp3) is 0.212. The summed E-state index contributed by atoms with van der Waals surface area (Å²) in [4.78, 5) is 17.4. The molecule has 204 valence electrons. The van der Waals surface area contributed by atoms with Gasteiger partial charge in [-0.1, -0.05) is 43.5 Å². The molecular weight excluding hydrogens is 502 g/mol. The molecule has 0 saturated heterocycles. The summed E-state index contributed by atoms with van der Waals surface area (Å²) in [5.74, 6) is 0.603. The van der Waals surface area contributed by atoms with Crippen LogP contribution in [0.25, 0.3) is 0 Å². The number of ether oxygens (including phenoxy) is 2. The molecule has 0 radical (unpaired) electrons. The van der Waals surface area contributed by atoms with Crippen molar-refractivity contribution in [2.75, 3.05) is 6.61 Å². The van der Waals surface area contributed by atoms with Crippen molar-refractivity contribution >= 4 is 29.2 Å². The second-order valence-corrected chi connectivity index (χ2v) is 9.40. The number of esters is 1. The zero-order chi connectivity index (χ0) is 28.3. The van der Waals surface area contributed by atoms with E-state index in [0.29, 0.717) is 46.2 Å². The Kier molecular flexibility index (Phi) is 9.77. The van der Waals surface area contributed by atoms with Gasteiger partial charge in [0, 0.05) is 17.8 Å². The van der Waals surface area contributed by atoms with Crippen LogP contribution < -0.4 is 9.47 Å². The molecule has 0 unspecified atom stereocenters. The number of hydrogen-bond donors (Lipinski definition) is 1. The van der Waals surface area contributed by atoms with Crippen LogP contribution in [0.1, 0.15) is 53.2 Å². The van der Waals surface area contributed by atoms with Crippen molar-refractivity contribution in [1.82, 2.24) is 0 Å². The molecular formula is C33H33N3O4. The summed E-state index contributed by atoms with van der Waals surface area (Å²) >= 11 is 0. The molecule has 0 saturated carbocycles. The maximum Gasteiger partial charge on any atom is 0.343 e. The zero-order valence-electron chi connectivity index (χ0n) is 23.0. The molecule has 0 spiro atoms. The highest BCUT2D eigenvalue weighted by molar-refractivity contribution is 5.94. The Morgan fingerprint density at radius 3 is 2.20 bits per heavy atom. The van der Waals surface area contributed by atoms with E-state index >= 15 is 0 Å². The van der Waals surface area contributed by atoms with E-state index in [2.05, 4.69) is 22.1 Å². The smallest absolute Gasteiger partial charge is 0.343 e. The van der Waals surface area contributed by atoms with Crippen molar-refractivity contribution in [2.45, 2.75) is 40.0 Å². The predicted molar refractivity (Wildman–Crippen MR) is 158 cm³/mol. The molecule has 7 heteroatoms. The number of hydrogen-bond acceptors (Lipinski definition) is 7. The third-order valence-corrected chi connectivity index (χ3v) is 6.25. The number of benzene rings is 4. The van der Waals surface area contributed by atoms with Crippen LogP contribution in [0.15, 0.2) is 100 Å². The maximum absolute atomic E-state index is 12.9. The summed E-state index contributed by atoms with van der Waals surface area (Å²) in [5, 5.41) is 18.9. The number of unbranched alkanes of at least 4 members (excludes halogenated alkanes) is 2. The van der Waals surface area contributed by atoms with Gasteiger partial charge in [0.2, 0.25) is 0 Å². The molecule has 0 atom stereocenters. The highest BCUT2D eigenvalue weighted by Crippen LogP contribution is 2.27. The zero-order valence-corrected chi connectivity index (χ0v) is 23.0. The molecule has 7 nitrogen and oxygen atoms in total. The second kappa shape index (κ2) is 13.8. The molecule has 40 heavy (non-hydrogen) atoms. The van der Waals surface area contributed by atoms with Crippen LogP contribution in [-0.4, -0.2) is 23.9 Å². The maximum atomic E-state index is 12.9. The molecule has 0 aliphatic rings. The second-order valence-electron chi connectivity index (χ2n) is 9.40. The fourth-order valence-electron chi connectivity index (χ4n) is 3.86. The molecule has 0 aliphatic heterocycles. The van der Waals surface area contributed by atoms with E-state index in [9.17, 15) is 9.90 Å². The predicted octanol–water partition coefficient (Wildman–Crippen LogP) is 8.96. The number of phenolic OH excluding ortho intramolecular Hbond substituents is 1. The Bertz CT molecular complexity index is 1490. The number of azo groups is 1. The van der Waals surface area contributed by atoms with Crippen molar-refractivity contribution in [3.05, 3.63) is 107 Å². The molecule has 0 bridgehead atoms. The Morgan fingerprint density at radius 1 is 0.850 bits per heavy atom. The minimum absolute atomic E-state index is 0.0757. The van der Waals surface area contributed by atoms with E-state index in [0.717, 1.165) is 30.5 Å². The van der Waals surface area contributed by atoms with E-state index in [4.69, 9.17) is 9.47 Å². The van der Waals surface area contributed by atoms with E-state index < -0.39 is 5.97 Å². The van der Waals surface area contributed by atoms with Gasteiger partial charge in [0.05, 0.1) is 29.2 Å². The third-order valence-electron chi connectivity index (χ3n) is 6.25. The lowest BCUT2D eigenvalue weighted by Crippen LogP contribution is -2.10. The number of phenols is 1. The average Bonchev–Trinajstić information content (AvgIpc) is 2.96. The number of carbonyl (C=O) groups is 1. The molecule has 4 rings (SSSR count). The minimum atomic E-state index is -0.490. The van der Waals surface area contributed by atoms with Crippen LogP contribution in [0.4, 0.5) is 17.1 Å². The van der Waals surface area contributed by atoms with Crippen LogP contribution >= 0.6 is 0 Å². The first-order chi connectivity index (χ1) is 19.4. The van der Waals surface area contributed by atoms with Crippen LogP contribution in [0.5, 0.6) is 17.2 Å². The van der Waals surface area contributed by atoms with Crippen LogP contribution in [0, 0.1) is 13.8 Å². The number of carbonyl (C=O) groups excluding carboxylic acids is 1. The first kappa shape index (κ1) is 28.2. The summed E-state index contributed by atoms with van der Waals surface area (Å²) < 4.78 is 11.3. The monoisotopic (exact) mass is 535 g/mol. The number of aliphatic imine (C=N–C) groups is 1. The highest BCUT2D eigenvalue weighted by Gasteiger charge is 2.14. The SMILES string of the molecule is CCCCCOc1ccc(C=Nc2cccc(C(=O)Oc3ccc(N=Nc4ccc(C)cc4)cc3)c2C)c(O)c1. The van der Waals surface area contributed by atoms with Crippen molar-refractivity contribution in [1.29, 1.82) is 0 Å². The van der Waals surface area contributed by atoms with E-state index in [1.54, 1.807) is 60.8 Å². The largest absolute Gasteiger partial charge is 0.507 e. The molecule has 0 heterocycles. The van der Waals surface area contributed by atoms with Crippen molar-refractivity contribution in [2.24, 2.45) is 15.2 Å². The van der Waals surface area contributed by atoms with Crippen molar-refractivity contribution in [3.8, 4) is 17.2 Å². The lowest BCUT2D eigenvalue weighted by molar-refractivity contribution is 0.0734. The summed E-state index contributed by atoms with van der Waals surface area (Å²) in [6.07, 6.45) is 4.77. The van der Waals surface area contributed by atoms with Gasteiger partial charge in [0.25, 0.3) is 0 Å². The third kappa shape index (κ3) is 7.86. The normalized spacial score (nSPS) is 11.3. The number of nitrogens with zero attached hydrogens (tertiary/aromatic N) is 3. The van der Waals surface area contributed by atoms with Crippen molar-refractivity contribution in [3.63, 3.8) is 0 Å². The van der Waals surface area contributed by atoms with E-state index in [-0.39, 0.29) is 5.75 Å². The molecule has 4 aromatic rings. The number of aromatic hydroxyl groups is 1. The Labute approximate surface area is 234 Å². The first-order valence-corrected chi connectivity index (χ1v) is 13.3. The average molecular weight is 536 g/mol. The van der Waals surface area contributed by atoms with Gasteiger partial charge in [0.15, 0.2) is 0 Å². The van der Waals surface area contributed by atoms with E-state index in [1.165, 1.54) is 0 Å². The van der Waals surface area contributed by atoms with Gasteiger partial charge in [-0.2, -0.15) is 10.2 Å². The summed E-state index contributed by atoms with van der Waals surface area (Å²) in [7, 11) is 0. The van der Waals surface area contributed by atoms with Crippen LogP contribution in [-0.2, 0) is 0 Å². The Morgan fingerprint density at radius 2 is 1.52 bits per heavy atom. The molecule has 4 aromatic carbocycles. The lowest BCUT2D eigenvalue weighted by Gasteiger charge is -2.09. The minimum Gasteiger partial charge on any atom is -0.507 e. The number of aryl methyl sites for hydroxylation is 1. The van der Waals surface area contributed by atoms with Gasteiger partial charge in [0.1, 0.15) is 17.2 Å². The van der Waals surface area contributed by atoms with Gasteiger partial charge in [-0.3, -0.25) is 4.99 Å². The van der Waals surface area contributed by atoms with Gasteiger partial charge in [-0.15, -0.1) is 0 Å². The van der Waals surface area contributed by atoms with Crippen LogP contribution in [0.2, 0.25) is 0 Å². The van der Waals surface area contributed by atoms with E-state index in [1.807, 2.05) is 44.2 Å². The quantitative estimate of drug-likeness (QED) is 0.0682. The van der Waals surface area contributed by atoms with Crippen LogP contribution in [0.3, 0.4) is 0 Å². The molecule has 0 aromatic heterocycles. The standard InChI is InChI=1S/C33H33N3O4/c1-4-5-6-20-39-29-17-12-25(32(37)21-29)22-34-31-9-7-8-30(24(31)3)33(38)40-28-18-15-27(16-19-28)36-35-26-13-10-23(2)11-14-26/h7-19,21-22,37H,4-6,20H2,1-3H3. The first-order valence-electron chi connectivity index (χ1n) is 13.3. The highest BCUT2D eigenvalue weighted by atomic mass is 16.5. The van der Waals surface area contributed by atoms with Gasteiger partial charge >= 0.3 is 5.97 Å². The molecule has 0 aliphatic carbocycles. The molecule has 1 N–H and O–H groups in total. The topological polar surface area (TPSA) is 92.8 Å². The Balaban J connectivity index is 1.39. The lowest BCUT2D eigenvalue weighted by atomic mass is 10.1. The molecule has 0 fully saturated rings. The fourth-order valence-corrected chi connectivity index (χ4v) is 3.86. The summed E-state index contributed by atoms with van der Waals surface area (Å²) in [6, 6.07) is 25.0. The number of rotatable bonds is 11. The van der Waals surface area contributed by atoms with Gasteiger partial charge in [-0.25, -0.2) is 4.79 Å². The summed E-state index contributed by atoms with van der Waals surface area (Å²) in [5.41, 5.74) is 4.78. The molecule has 0 amide bonds. The van der Waals surface area contributed by atoms with Crippen molar-refractivity contribution < 1.29 is 19.4 Å². The van der Waals surface area contributed by atoms with Gasteiger partial charge < -0.3 is 14.6 Å².